The number of amides is 1. The molecule has 9 heteroatoms. The van der Waals surface area contributed by atoms with E-state index in [2.05, 4.69) is 5.32 Å². The summed E-state index contributed by atoms with van der Waals surface area (Å²) in [5, 5.41) is 2.37. The predicted octanol–water partition coefficient (Wildman–Crippen LogP) is 4.80. The Bertz CT molecular complexity index is 792. The van der Waals surface area contributed by atoms with Gasteiger partial charge in [0.15, 0.2) is 0 Å². The molecule has 3 atom stereocenters. The Balaban J connectivity index is 2.22. The number of hydrogen-bond donors (Lipinski definition) is 1. The molecule has 1 saturated heterocycles. The lowest BCUT2D eigenvalue weighted by Gasteiger charge is -2.39. The molecule has 1 aliphatic heterocycles. The van der Waals surface area contributed by atoms with Gasteiger partial charge in [-0.05, 0) is 62.9 Å². The van der Waals surface area contributed by atoms with Crippen LogP contribution in [-0.2, 0) is 20.7 Å². The quantitative estimate of drug-likeness (QED) is 0.447. The zero-order valence-corrected chi connectivity index (χ0v) is 19.0. The maximum absolute atomic E-state index is 14.4. The number of likely N-dealkylation sites (tertiary alicyclic amines) is 1. The van der Waals surface area contributed by atoms with Crippen molar-refractivity contribution in [2.45, 2.75) is 59.2 Å². The predicted molar refractivity (Wildman–Crippen MR) is 114 cm³/mol. The molecule has 1 aliphatic rings. The molecule has 0 aromatic heterocycles. The lowest BCUT2D eigenvalue weighted by Crippen LogP contribution is -2.54. The molecular formula is C23H32F4N2O3. The Morgan fingerprint density at radius 2 is 1.84 bits per heavy atom. The van der Waals surface area contributed by atoms with Crippen LogP contribution in [0.5, 0.6) is 0 Å². The largest absolute Gasteiger partial charge is 0.466 e. The Labute approximate surface area is 186 Å². The van der Waals surface area contributed by atoms with Gasteiger partial charge in [-0.1, -0.05) is 26.8 Å². The zero-order chi connectivity index (χ0) is 24.1. The number of piperidine rings is 1. The molecule has 1 heterocycles. The molecule has 0 bridgehead atoms. The minimum Gasteiger partial charge on any atom is -0.466 e. The highest BCUT2D eigenvalue weighted by molar-refractivity contribution is 5.95. The van der Waals surface area contributed by atoms with Gasteiger partial charge in [0.2, 0.25) is 5.91 Å². The molecule has 0 spiro atoms. The van der Waals surface area contributed by atoms with Crippen molar-refractivity contribution < 1.29 is 31.9 Å². The van der Waals surface area contributed by atoms with Crippen molar-refractivity contribution in [1.29, 1.82) is 0 Å². The van der Waals surface area contributed by atoms with Gasteiger partial charge in [0.05, 0.1) is 24.1 Å². The third-order valence-corrected chi connectivity index (χ3v) is 5.99. The second kappa shape index (κ2) is 11.1. The smallest absolute Gasteiger partial charge is 0.393 e. The molecule has 180 valence electrons. The van der Waals surface area contributed by atoms with Crippen molar-refractivity contribution in [3.63, 3.8) is 0 Å². The van der Waals surface area contributed by atoms with Crippen molar-refractivity contribution in [3.05, 3.63) is 29.6 Å². The van der Waals surface area contributed by atoms with Crippen LogP contribution in [0.15, 0.2) is 18.2 Å². The highest BCUT2D eigenvalue weighted by Gasteiger charge is 2.47. The minimum atomic E-state index is -4.57. The third-order valence-electron chi connectivity index (χ3n) is 5.99. The van der Waals surface area contributed by atoms with E-state index in [-0.39, 0.29) is 18.7 Å². The van der Waals surface area contributed by atoms with Gasteiger partial charge in [-0.3, -0.25) is 14.5 Å². The van der Waals surface area contributed by atoms with Crippen LogP contribution >= 0.6 is 0 Å². The summed E-state index contributed by atoms with van der Waals surface area (Å²) < 4.78 is 60.0. The second-order valence-electron chi connectivity index (χ2n) is 8.65. The molecule has 1 aromatic carbocycles. The maximum atomic E-state index is 14.4. The Morgan fingerprint density at radius 3 is 2.41 bits per heavy atom. The summed E-state index contributed by atoms with van der Waals surface area (Å²) in [4.78, 5) is 26.4. The highest BCUT2D eigenvalue weighted by atomic mass is 19.4. The van der Waals surface area contributed by atoms with Crippen LogP contribution in [0.2, 0.25) is 0 Å². The Hall–Kier alpha value is -2.16. The van der Waals surface area contributed by atoms with Crippen molar-refractivity contribution in [3.8, 4) is 0 Å². The van der Waals surface area contributed by atoms with E-state index in [4.69, 9.17) is 4.74 Å². The second-order valence-corrected chi connectivity index (χ2v) is 8.65. The summed E-state index contributed by atoms with van der Waals surface area (Å²) in [7, 11) is 0. The molecule has 0 radical (unpaired) electrons. The number of alkyl halides is 3. The van der Waals surface area contributed by atoms with Crippen LogP contribution in [0.4, 0.5) is 23.2 Å². The standard InChI is InChI=1S/C23H32F4N2O3/c1-5-32-22(31)15(3)12-17-6-7-18(24)19(13-17)28-21(30)20(16(4)23(25,26)27)29-10-8-14(2)9-11-29/h6-7,13-16,20H,5,8-12H2,1-4H3,(H,28,30)/t15-,16-,20-/m1/s1. The molecule has 2 rings (SSSR count). The molecule has 0 saturated carbocycles. The van der Waals surface area contributed by atoms with E-state index in [0.717, 1.165) is 13.0 Å². The SMILES string of the molecule is CCOC(=O)[C@H](C)Cc1ccc(F)c(NC(=O)[C@@H]([C@@H](C)C(F)(F)F)N2CCC(C)CC2)c1. The summed E-state index contributed by atoms with van der Waals surface area (Å²) in [5.74, 6) is -4.06. The van der Waals surface area contributed by atoms with Gasteiger partial charge in [0.25, 0.3) is 0 Å². The number of anilines is 1. The number of nitrogens with one attached hydrogen (secondary N) is 1. The summed E-state index contributed by atoms with van der Waals surface area (Å²) in [5.41, 5.74) is 0.364. The molecule has 0 aliphatic carbocycles. The average molecular weight is 461 g/mol. The number of carbonyl (C=O) groups excluding carboxylic acids is 2. The zero-order valence-electron chi connectivity index (χ0n) is 19.0. The number of ether oxygens (including phenoxy) is 1. The fraction of sp³-hybridized carbons (Fsp3) is 0.652. The van der Waals surface area contributed by atoms with Crippen LogP contribution in [0.1, 0.15) is 46.1 Å². The van der Waals surface area contributed by atoms with Gasteiger partial charge in [-0.15, -0.1) is 0 Å². The fourth-order valence-corrected chi connectivity index (χ4v) is 3.92. The first kappa shape index (κ1) is 26.1. The maximum Gasteiger partial charge on any atom is 0.393 e. The summed E-state index contributed by atoms with van der Waals surface area (Å²) in [6, 6.07) is 2.51. The molecule has 5 nitrogen and oxygen atoms in total. The number of halogens is 4. The third kappa shape index (κ3) is 6.92. The van der Waals surface area contributed by atoms with Gasteiger partial charge < -0.3 is 10.1 Å². The van der Waals surface area contributed by atoms with Crippen molar-refractivity contribution in [1.82, 2.24) is 4.90 Å². The number of rotatable bonds is 8. The van der Waals surface area contributed by atoms with Crippen LogP contribution in [0.25, 0.3) is 0 Å². The van der Waals surface area contributed by atoms with E-state index in [1.165, 1.54) is 17.0 Å². The first-order chi connectivity index (χ1) is 14.9. The van der Waals surface area contributed by atoms with E-state index in [1.54, 1.807) is 13.8 Å². The highest BCUT2D eigenvalue weighted by Crippen LogP contribution is 2.33. The minimum absolute atomic E-state index is 0.201. The van der Waals surface area contributed by atoms with E-state index >= 15 is 0 Å². The van der Waals surface area contributed by atoms with E-state index in [1.807, 2.05) is 6.92 Å². The normalized spacial score (nSPS) is 18.6. The average Bonchev–Trinajstić information content (AvgIpc) is 2.71. The number of hydrogen-bond acceptors (Lipinski definition) is 4. The molecule has 1 aromatic rings. The summed E-state index contributed by atoms with van der Waals surface area (Å²) in [6.45, 7) is 7.35. The van der Waals surface area contributed by atoms with Crippen molar-refractivity contribution in [2.75, 3.05) is 25.0 Å². The van der Waals surface area contributed by atoms with Crippen LogP contribution in [-0.4, -0.2) is 48.7 Å². The Kier molecular flexibility index (Phi) is 9.07. The number of benzene rings is 1. The van der Waals surface area contributed by atoms with Gasteiger partial charge in [-0.2, -0.15) is 13.2 Å². The Morgan fingerprint density at radius 1 is 1.22 bits per heavy atom. The topological polar surface area (TPSA) is 58.6 Å². The monoisotopic (exact) mass is 460 g/mol. The molecular weight excluding hydrogens is 428 g/mol. The van der Waals surface area contributed by atoms with Crippen LogP contribution in [0.3, 0.4) is 0 Å². The van der Waals surface area contributed by atoms with E-state index in [9.17, 15) is 27.2 Å². The van der Waals surface area contributed by atoms with E-state index < -0.39 is 41.7 Å². The molecule has 32 heavy (non-hydrogen) atoms. The first-order valence-electron chi connectivity index (χ1n) is 11.0. The van der Waals surface area contributed by atoms with Crippen molar-refractivity contribution >= 4 is 17.6 Å². The fourth-order valence-electron chi connectivity index (χ4n) is 3.92. The number of carbonyl (C=O) groups is 2. The van der Waals surface area contributed by atoms with Crippen LogP contribution < -0.4 is 5.32 Å². The van der Waals surface area contributed by atoms with Gasteiger partial charge >= 0.3 is 12.1 Å². The molecule has 1 fully saturated rings. The lowest BCUT2D eigenvalue weighted by atomic mass is 9.92. The van der Waals surface area contributed by atoms with Gasteiger partial charge in [0.1, 0.15) is 11.9 Å². The van der Waals surface area contributed by atoms with Gasteiger partial charge in [-0.25, -0.2) is 4.39 Å². The molecule has 0 unspecified atom stereocenters. The van der Waals surface area contributed by atoms with Gasteiger partial charge in [0, 0.05) is 0 Å². The number of esters is 1. The number of nitrogens with zero attached hydrogens (tertiary/aromatic N) is 1. The molecule has 1 amide bonds. The lowest BCUT2D eigenvalue weighted by molar-refractivity contribution is -0.189. The molecule has 1 N–H and O–H groups in total. The van der Waals surface area contributed by atoms with Crippen molar-refractivity contribution in [2.24, 2.45) is 17.8 Å². The summed E-state index contributed by atoms with van der Waals surface area (Å²) >= 11 is 0. The first-order valence-corrected chi connectivity index (χ1v) is 11.0. The summed E-state index contributed by atoms with van der Waals surface area (Å²) in [6.07, 6.45) is -2.93. The van der Waals surface area contributed by atoms with Crippen LogP contribution in [0, 0.1) is 23.6 Å². The van der Waals surface area contributed by atoms with E-state index in [0.29, 0.717) is 37.4 Å².